The summed E-state index contributed by atoms with van der Waals surface area (Å²) in [5.41, 5.74) is 0. The van der Waals surface area contributed by atoms with Crippen molar-refractivity contribution in [2.45, 2.75) is 39.4 Å². The Morgan fingerprint density at radius 2 is 1.59 bits per heavy atom. The van der Waals surface area contributed by atoms with Gasteiger partial charge in [0.05, 0.1) is 18.8 Å². The molecule has 0 amide bonds. The Kier molecular flexibility index (Phi) is 8.61. The van der Waals surface area contributed by atoms with Gasteiger partial charge in [0.2, 0.25) is 0 Å². The molecule has 1 aliphatic heterocycles. The van der Waals surface area contributed by atoms with Crippen LogP contribution >= 0.6 is 12.4 Å². The Morgan fingerprint density at radius 3 is 2.14 bits per heavy atom. The van der Waals surface area contributed by atoms with E-state index in [1.807, 2.05) is 24.3 Å². The molecule has 22 heavy (non-hydrogen) atoms. The molecule has 1 aromatic rings. The molecule has 0 radical (unpaired) electrons. The van der Waals surface area contributed by atoms with Gasteiger partial charge in [-0.05, 0) is 32.4 Å². The average molecular weight is 330 g/mol. The van der Waals surface area contributed by atoms with Gasteiger partial charge in [0, 0.05) is 19.6 Å². The predicted molar refractivity (Wildman–Crippen MR) is 91.4 cm³/mol. The Hall–Kier alpha value is -0.970. The number of para-hydroxylation sites is 2. The van der Waals surface area contributed by atoms with Crippen LogP contribution in [0.15, 0.2) is 24.3 Å². The van der Waals surface area contributed by atoms with Gasteiger partial charge in [-0.1, -0.05) is 19.1 Å². The first kappa shape index (κ1) is 19.1. The Balaban J connectivity index is 0.00000242. The fourth-order valence-corrected chi connectivity index (χ4v) is 2.65. The lowest BCUT2D eigenvalue weighted by atomic mass is 10.2. The van der Waals surface area contributed by atoms with Crippen LogP contribution in [0.5, 0.6) is 11.5 Å². The third-order valence-electron chi connectivity index (χ3n) is 3.47. The minimum Gasteiger partial charge on any atom is -0.490 e. The van der Waals surface area contributed by atoms with Gasteiger partial charge in [-0.25, -0.2) is 0 Å². The van der Waals surface area contributed by atoms with Gasteiger partial charge < -0.3 is 14.2 Å². The number of benzene rings is 1. The molecule has 4 nitrogen and oxygen atoms in total. The minimum atomic E-state index is 0. The van der Waals surface area contributed by atoms with E-state index in [0.717, 1.165) is 44.2 Å². The maximum Gasteiger partial charge on any atom is 0.161 e. The smallest absolute Gasteiger partial charge is 0.161 e. The number of hydrogen-bond acceptors (Lipinski definition) is 4. The molecule has 0 N–H and O–H groups in total. The molecule has 2 rings (SSSR count). The van der Waals surface area contributed by atoms with Crippen molar-refractivity contribution in [2.75, 3.05) is 32.8 Å². The fraction of sp³-hybridized carbons (Fsp3) is 0.647. The van der Waals surface area contributed by atoms with Crippen molar-refractivity contribution in [3.8, 4) is 11.5 Å². The van der Waals surface area contributed by atoms with E-state index in [9.17, 15) is 0 Å². The second-order valence-corrected chi connectivity index (χ2v) is 5.66. The number of morpholine rings is 1. The fourth-order valence-electron chi connectivity index (χ4n) is 2.65. The molecule has 0 saturated carbocycles. The molecule has 0 aromatic heterocycles. The first-order valence-corrected chi connectivity index (χ1v) is 7.91. The highest BCUT2D eigenvalue weighted by molar-refractivity contribution is 5.85. The lowest BCUT2D eigenvalue weighted by Crippen LogP contribution is -2.46. The molecular weight excluding hydrogens is 302 g/mol. The zero-order valence-electron chi connectivity index (χ0n) is 13.8. The SMILES string of the molecule is CCCOc1ccccc1OCCN1CC(C)OC(C)C1.Cl. The molecule has 1 saturated heterocycles. The first-order chi connectivity index (χ1) is 10.2. The Bertz CT molecular complexity index is 420. The van der Waals surface area contributed by atoms with Crippen molar-refractivity contribution >= 4 is 12.4 Å². The number of nitrogens with zero attached hydrogens (tertiary/aromatic N) is 1. The first-order valence-electron chi connectivity index (χ1n) is 7.91. The standard InChI is InChI=1S/C17H27NO3.ClH/c1-4-10-19-16-7-5-6-8-17(16)20-11-9-18-12-14(2)21-15(3)13-18;/h5-8,14-15H,4,9-13H2,1-3H3;1H. The van der Waals surface area contributed by atoms with Crippen LogP contribution in [0.3, 0.4) is 0 Å². The lowest BCUT2D eigenvalue weighted by molar-refractivity contribution is -0.0699. The van der Waals surface area contributed by atoms with Gasteiger partial charge in [-0.3, -0.25) is 4.90 Å². The molecule has 0 bridgehead atoms. The van der Waals surface area contributed by atoms with Gasteiger partial charge in [-0.15, -0.1) is 12.4 Å². The molecule has 0 spiro atoms. The largest absolute Gasteiger partial charge is 0.490 e. The molecule has 1 aliphatic rings. The summed E-state index contributed by atoms with van der Waals surface area (Å²) in [6, 6.07) is 7.88. The molecule has 126 valence electrons. The van der Waals surface area contributed by atoms with E-state index in [1.165, 1.54) is 0 Å². The molecule has 1 fully saturated rings. The zero-order chi connectivity index (χ0) is 15.1. The van der Waals surface area contributed by atoms with E-state index in [-0.39, 0.29) is 12.4 Å². The lowest BCUT2D eigenvalue weighted by Gasteiger charge is -2.35. The van der Waals surface area contributed by atoms with E-state index < -0.39 is 0 Å². The molecule has 2 unspecified atom stereocenters. The van der Waals surface area contributed by atoms with Crippen LogP contribution in [0.2, 0.25) is 0 Å². The van der Waals surface area contributed by atoms with E-state index in [1.54, 1.807) is 0 Å². The Morgan fingerprint density at radius 1 is 1.05 bits per heavy atom. The summed E-state index contributed by atoms with van der Waals surface area (Å²) in [7, 11) is 0. The maximum absolute atomic E-state index is 5.90. The van der Waals surface area contributed by atoms with Crippen LogP contribution in [0.1, 0.15) is 27.2 Å². The van der Waals surface area contributed by atoms with Crippen molar-refractivity contribution in [1.82, 2.24) is 4.90 Å². The maximum atomic E-state index is 5.90. The monoisotopic (exact) mass is 329 g/mol. The van der Waals surface area contributed by atoms with Gasteiger partial charge >= 0.3 is 0 Å². The quantitative estimate of drug-likeness (QED) is 0.767. The molecule has 1 heterocycles. The van der Waals surface area contributed by atoms with Crippen LogP contribution in [-0.4, -0.2) is 50.0 Å². The topological polar surface area (TPSA) is 30.9 Å². The summed E-state index contributed by atoms with van der Waals surface area (Å²) in [5.74, 6) is 1.67. The normalized spacial score (nSPS) is 22.0. The van der Waals surface area contributed by atoms with Crippen LogP contribution in [-0.2, 0) is 4.74 Å². The van der Waals surface area contributed by atoms with Crippen molar-refractivity contribution < 1.29 is 14.2 Å². The highest BCUT2D eigenvalue weighted by Gasteiger charge is 2.21. The number of rotatable bonds is 7. The van der Waals surface area contributed by atoms with Crippen LogP contribution in [0.25, 0.3) is 0 Å². The highest BCUT2D eigenvalue weighted by Crippen LogP contribution is 2.26. The second kappa shape index (κ2) is 9.93. The summed E-state index contributed by atoms with van der Waals surface area (Å²) in [6.07, 6.45) is 1.60. The van der Waals surface area contributed by atoms with Crippen molar-refractivity contribution in [2.24, 2.45) is 0 Å². The van der Waals surface area contributed by atoms with Crippen LogP contribution in [0.4, 0.5) is 0 Å². The third-order valence-corrected chi connectivity index (χ3v) is 3.47. The highest BCUT2D eigenvalue weighted by atomic mass is 35.5. The molecule has 1 aromatic carbocycles. The van der Waals surface area contributed by atoms with Crippen molar-refractivity contribution in [1.29, 1.82) is 0 Å². The van der Waals surface area contributed by atoms with Crippen molar-refractivity contribution in [3.05, 3.63) is 24.3 Å². The zero-order valence-corrected chi connectivity index (χ0v) is 14.6. The van der Waals surface area contributed by atoms with E-state index in [4.69, 9.17) is 14.2 Å². The van der Waals surface area contributed by atoms with Gasteiger partial charge in [0.15, 0.2) is 11.5 Å². The summed E-state index contributed by atoms with van der Waals surface area (Å²) >= 11 is 0. The Labute approximate surface area is 140 Å². The van der Waals surface area contributed by atoms with E-state index in [2.05, 4.69) is 25.7 Å². The van der Waals surface area contributed by atoms with Gasteiger partial charge in [0.25, 0.3) is 0 Å². The molecule has 0 aliphatic carbocycles. The summed E-state index contributed by atoms with van der Waals surface area (Å²) in [5, 5.41) is 0. The average Bonchev–Trinajstić information content (AvgIpc) is 2.45. The van der Waals surface area contributed by atoms with E-state index in [0.29, 0.717) is 18.8 Å². The number of hydrogen-bond donors (Lipinski definition) is 0. The van der Waals surface area contributed by atoms with Crippen molar-refractivity contribution in [3.63, 3.8) is 0 Å². The molecular formula is C17H28ClNO3. The van der Waals surface area contributed by atoms with Crippen LogP contribution in [0, 0.1) is 0 Å². The van der Waals surface area contributed by atoms with Crippen LogP contribution < -0.4 is 9.47 Å². The van der Waals surface area contributed by atoms with Gasteiger partial charge in [-0.2, -0.15) is 0 Å². The minimum absolute atomic E-state index is 0. The molecule has 2 atom stereocenters. The number of ether oxygens (including phenoxy) is 3. The summed E-state index contributed by atoms with van der Waals surface area (Å²) < 4.78 is 17.3. The second-order valence-electron chi connectivity index (χ2n) is 5.66. The predicted octanol–water partition coefficient (Wildman–Crippen LogP) is 3.39. The number of halogens is 1. The third kappa shape index (κ3) is 6.03. The van der Waals surface area contributed by atoms with Gasteiger partial charge in [0.1, 0.15) is 6.61 Å². The summed E-state index contributed by atoms with van der Waals surface area (Å²) in [4.78, 5) is 2.40. The molecule has 5 heteroatoms. The summed E-state index contributed by atoms with van der Waals surface area (Å²) in [6.45, 7) is 10.6. The van der Waals surface area contributed by atoms with E-state index >= 15 is 0 Å².